The average Bonchev–Trinajstić information content (AvgIpc) is 3.98. The Morgan fingerprint density at radius 1 is 0.934 bits per heavy atom. The van der Waals surface area contributed by atoms with Gasteiger partial charge >= 0.3 is 11.9 Å². The lowest BCUT2D eigenvalue weighted by molar-refractivity contribution is -0.315. The molecule has 4 aliphatic rings. The molecule has 4 saturated heterocycles. The van der Waals surface area contributed by atoms with Crippen molar-refractivity contribution in [2.75, 3.05) is 47.9 Å². The first kappa shape index (κ1) is 61.7. The number of aromatic nitrogens is 3. The van der Waals surface area contributed by atoms with Crippen molar-refractivity contribution in [2.45, 2.75) is 204 Å². The van der Waals surface area contributed by atoms with E-state index in [0.717, 1.165) is 6.26 Å². The number of alkyl halides is 1. The summed E-state index contributed by atoms with van der Waals surface area (Å²) in [5, 5.41) is 21.0. The van der Waals surface area contributed by atoms with E-state index in [1.54, 1.807) is 53.3 Å². The highest BCUT2D eigenvalue weighted by Gasteiger charge is 2.58. The molecule has 0 saturated carbocycles. The van der Waals surface area contributed by atoms with Gasteiger partial charge in [-0.3, -0.25) is 14.4 Å². The zero-order chi connectivity index (χ0) is 56.4. The number of halogens is 1. The number of esters is 2. The highest BCUT2D eigenvalue weighted by Crippen LogP contribution is 2.47. The molecule has 0 aliphatic carbocycles. The fourth-order valence-electron chi connectivity index (χ4n) is 12.5. The van der Waals surface area contributed by atoms with Gasteiger partial charge in [-0.2, -0.15) is 0 Å². The third-order valence-corrected chi connectivity index (χ3v) is 18.9. The summed E-state index contributed by atoms with van der Waals surface area (Å²) in [4.78, 5) is 44.8. The molecule has 0 unspecified atom stereocenters. The molecule has 430 valence electrons. The van der Waals surface area contributed by atoms with Crippen LogP contribution in [0.5, 0.6) is 0 Å². The summed E-state index contributed by atoms with van der Waals surface area (Å²) in [6.07, 6.45) is -3.31. The average molecular weight is 1100 g/mol. The van der Waals surface area contributed by atoms with E-state index >= 15 is 0 Å². The molecular weight excluding hydrogens is 1010 g/mol. The second kappa shape index (κ2) is 24.9. The van der Waals surface area contributed by atoms with Crippen LogP contribution in [-0.4, -0.2) is 171 Å². The van der Waals surface area contributed by atoms with Crippen molar-refractivity contribution in [3.63, 3.8) is 0 Å². The Balaban J connectivity index is 1.30. The fourth-order valence-corrected chi connectivity index (χ4v) is 13.1. The molecule has 0 radical (unpaired) electrons. The molecule has 20 atom stereocenters. The number of sulfone groups is 1. The number of ether oxygens (including phenoxy) is 9. The Bertz CT molecular complexity index is 2400. The first-order valence-corrected chi connectivity index (χ1v) is 28.8. The third kappa shape index (κ3) is 13.1. The highest BCUT2D eigenvalue weighted by atomic mass is 32.2. The number of methoxy groups -OCH3 is 3. The second-order valence-corrected chi connectivity index (χ2v) is 25.0. The molecule has 5 heterocycles. The van der Waals surface area contributed by atoms with Gasteiger partial charge < -0.3 is 52.6 Å². The largest absolute Gasteiger partial charge is 0.458 e. The summed E-state index contributed by atoms with van der Waals surface area (Å²) >= 11 is 0. The number of likely N-dealkylation sites (N-methyl/N-ethyl adjacent to an activating group) is 1. The number of fused-ring (bicyclic) bond motifs is 1. The molecule has 21 heteroatoms. The van der Waals surface area contributed by atoms with Crippen molar-refractivity contribution in [1.29, 1.82) is 0 Å². The number of carbonyl (C=O) groups excluding carboxylic acids is 3. The lowest BCUT2D eigenvalue weighted by Crippen LogP contribution is -2.61. The predicted molar refractivity (Wildman–Crippen MR) is 277 cm³/mol. The highest BCUT2D eigenvalue weighted by molar-refractivity contribution is 7.90. The van der Waals surface area contributed by atoms with Crippen molar-refractivity contribution in [3.8, 4) is 0 Å². The van der Waals surface area contributed by atoms with Crippen molar-refractivity contribution < 1.29 is 74.9 Å². The number of Topliss-reactive ketones (excluding diaryl/α,β-unsaturated/α-hetero) is 1. The minimum Gasteiger partial charge on any atom is -0.458 e. The van der Waals surface area contributed by atoms with Gasteiger partial charge in [-0.15, -0.1) is 5.10 Å². The van der Waals surface area contributed by atoms with Gasteiger partial charge in [0.2, 0.25) is 0 Å². The molecule has 76 heavy (non-hydrogen) atoms. The summed E-state index contributed by atoms with van der Waals surface area (Å²) in [6, 6.07) is 4.72. The monoisotopic (exact) mass is 1090 g/mol. The number of benzene rings is 1. The van der Waals surface area contributed by atoms with E-state index < -0.39 is 136 Å². The molecule has 6 rings (SSSR count). The summed E-state index contributed by atoms with van der Waals surface area (Å²) in [5.41, 5.74) is -2.07. The lowest BCUT2D eigenvalue weighted by atomic mass is 9.70. The van der Waals surface area contributed by atoms with E-state index in [1.807, 2.05) is 60.4 Å². The molecule has 0 bridgehead atoms. The third-order valence-electron chi connectivity index (χ3n) is 17.8. The van der Waals surface area contributed by atoms with Gasteiger partial charge in [-0.05, 0) is 85.5 Å². The standard InChI is InChI=1S/C55H87FN4O15S/c1-17-43-55(11)40(25-44(61)75-55)32(4)46(62)30(2)26-54(10,69-15)50(33(5)48(34(6)51(64)72-43)73-45-27-53(9,68-14)35(7)36(8)71-45)74-52-47(63)41(24-31(3)70-52)59(12)23-22-38-29-60(58-57-38)42(28-56)49(67-13)37-18-20-39(21-19-37)76(16,65)66/h18-21,29-36,40-43,45,47-50,52,63H,17,22-28H2,1-16H3/t30-,31-,32-,33+,34-,35+,36+,40-,41+,42-,43-,45+,47-,48+,49-,50-,52+,53-,54-,55+/m1/s1. The van der Waals surface area contributed by atoms with Crippen molar-refractivity contribution in [2.24, 2.45) is 35.5 Å². The number of hydrogen-bond donors (Lipinski definition) is 1. The van der Waals surface area contributed by atoms with Crippen LogP contribution in [0.4, 0.5) is 4.39 Å². The van der Waals surface area contributed by atoms with Crippen molar-refractivity contribution >= 4 is 27.6 Å². The summed E-state index contributed by atoms with van der Waals surface area (Å²) < 4.78 is 98.2. The molecule has 1 N–H and O–H groups in total. The van der Waals surface area contributed by atoms with E-state index in [4.69, 9.17) is 42.6 Å². The van der Waals surface area contributed by atoms with Gasteiger partial charge in [-0.1, -0.05) is 52.0 Å². The molecule has 0 amide bonds. The first-order chi connectivity index (χ1) is 35.6. The number of ketones is 1. The zero-order valence-corrected chi connectivity index (χ0v) is 48.4. The molecule has 4 aliphatic heterocycles. The number of aliphatic hydroxyl groups is 1. The van der Waals surface area contributed by atoms with Gasteiger partial charge in [0.1, 0.15) is 42.4 Å². The van der Waals surface area contributed by atoms with Gasteiger partial charge in [0.25, 0.3) is 0 Å². The van der Waals surface area contributed by atoms with E-state index in [2.05, 4.69) is 17.2 Å². The van der Waals surface area contributed by atoms with Crippen LogP contribution in [0.3, 0.4) is 0 Å². The van der Waals surface area contributed by atoms with Crippen LogP contribution in [-0.2, 0) is 73.3 Å². The maximum absolute atomic E-state index is 14.8. The van der Waals surface area contributed by atoms with Crippen LogP contribution >= 0.6 is 0 Å². The molecule has 2 aromatic rings. The maximum Gasteiger partial charge on any atom is 0.311 e. The molecule has 4 fully saturated rings. The predicted octanol–water partition coefficient (Wildman–Crippen LogP) is 6.43. The second-order valence-electron chi connectivity index (χ2n) is 22.9. The quantitative estimate of drug-likeness (QED) is 0.169. The van der Waals surface area contributed by atoms with Gasteiger partial charge in [0.05, 0.1) is 58.5 Å². The normalized spacial score (nSPS) is 39.0. The van der Waals surface area contributed by atoms with E-state index in [-0.39, 0.29) is 35.5 Å². The Labute approximate surface area is 449 Å². The van der Waals surface area contributed by atoms with Crippen LogP contribution in [0.1, 0.15) is 132 Å². The first-order valence-electron chi connectivity index (χ1n) is 27.0. The van der Waals surface area contributed by atoms with Crippen LogP contribution in [0.15, 0.2) is 35.4 Å². The number of cyclic esters (lactones) is 1. The smallest absolute Gasteiger partial charge is 0.311 e. The number of rotatable bonds is 17. The van der Waals surface area contributed by atoms with Crippen LogP contribution in [0.2, 0.25) is 0 Å². The number of hydrogen-bond acceptors (Lipinski definition) is 18. The van der Waals surface area contributed by atoms with E-state index in [1.165, 1.54) is 23.9 Å². The molecule has 19 nitrogen and oxygen atoms in total. The van der Waals surface area contributed by atoms with Gasteiger partial charge in [-0.25, -0.2) is 17.5 Å². The molecule has 1 aromatic heterocycles. The van der Waals surface area contributed by atoms with Gasteiger partial charge in [0.15, 0.2) is 22.4 Å². The number of carbonyl (C=O) groups is 3. The molecule has 1 aromatic carbocycles. The summed E-state index contributed by atoms with van der Waals surface area (Å²) in [5.74, 6) is -4.78. The Morgan fingerprint density at radius 2 is 1.59 bits per heavy atom. The minimum absolute atomic E-state index is 0.0000200. The van der Waals surface area contributed by atoms with Crippen LogP contribution in [0.25, 0.3) is 0 Å². The van der Waals surface area contributed by atoms with Crippen molar-refractivity contribution in [3.05, 3.63) is 41.7 Å². The Morgan fingerprint density at radius 3 is 2.18 bits per heavy atom. The van der Waals surface area contributed by atoms with E-state index in [0.29, 0.717) is 43.5 Å². The van der Waals surface area contributed by atoms with E-state index in [9.17, 15) is 32.3 Å². The molecular formula is C55H87FN4O15S. The number of aliphatic hydroxyl groups excluding tert-OH is 1. The fraction of sp³-hybridized carbons (Fsp3) is 0.800. The number of nitrogens with zero attached hydrogens (tertiary/aromatic N) is 4. The SMILES string of the molecule is CC[C@H]1OC(=O)[C@H](C)[C@@H](O[C@H]2C[C@@](C)(OC)[C@@H](C)[C@H](C)O2)[C@H](C)[C@@H](O[C@@H]2O[C@H](C)C[C@H](N(C)CCc3cn([C@H](CF)[C@H](OC)c4ccc(S(C)(=O)=O)cc4)nn3)[C@H]2O)[C@](C)(OC)C[C@@H](C)C(=O)[C@H](C)[C@H]2CC(=O)O[C@@]21C. The summed E-state index contributed by atoms with van der Waals surface area (Å²) in [6.45, 7) is 20.2. The zero-order valence-electron chi connectivity index (χ0n) is 47.6. The molecule has 0 spiro atoms. The Kier molecular flexibility index (Phi) is 20.2. The van der Waals surface area contributed by atoms with Crippen LogP contribution in [0, 0.1) is 35.5 Å². The topological polar surface area (TPSA) is 223 Å². The van der Waals surface area contributed by atoms with Crippen molar-refractivity contribution in [1.82, 2.24) is 19.9 Å². The minimum atomic E-state index is -3.44. The Hall–Kier alpha value is -3.51. The maximum atomic E-state index is 14.8. The van der Waals surface area contributed by atoms with Gasteiger partial charge in [0, 0.05) is 88.8 Å². The van der Waals surface area contributed by atoms with Crippen LogP contribution < -0.4 is 0 Å². The lowest BCUT2D eigenvalue weighted by Gasteiger charge is -2.50. The summed E-state index contributed by atoms with van der Waals surface area (Å²) in [7, 11) is 3.09.